The maximum atomic E-state index is 14.0. The summed E-state index contributed by atoms with van der Waals surface area (Å²) in [5.41, 5.74) is 0.189. The lowest BCUT2D eigenvalue weighted by molar-refractivity contribution is -0.114. The minimum Gasteiger partial charge on any atom is -0.478 e. The van der Waals surface area contributed by atoms with Gasteiger partial charge in [0, 0.05) is 22.8 Å². The second-order valence-electron chi connectivity index (χ2n) is 4.93. The zero-order valence-electron chi connectivity index (χ0n) is 12.7. The van der Waals surface area contributed by atoms with Crippen LogP contribution in [0.3, 0.4) is 0 Å². The summed E-state index contributed by atoms with van der Waals surface area (Å²) in [6, 6.07) is 7.17. The lowest BCUT2D eigenvalue weighted by atomic mass is 10.2. The monoisotopic (exact) mass is 430 g/mol. The third-order valence-electron chi connectivity index (χ3n) is 3.00. The minimum atomic E-state index is -4.35. The van der Waals surface area contributed by atoms with E-state index in [0.29, 0.717) is 5.69 Å². The number of sulfonamides is 1. The van der Waals surface area contributed by atoms with Gasteiger partial charge in [-0.25, -0.2) is 17.6 Å². The van der Waals surface area contributed by atoms with Crippen molar-refractivity contribution in [1.82, 2.24) is 0 Å². The summed E-state index contributed by atoms with van der Waals surface area (Å²) in [6.45, 7) is 1.33. The van der Waals surface area contributed by atoms with E-state index in [9.17, 15) is 22.4 Å². The molecule has 0 radical (unpaired) electrons. The molecule has 0 saturated heterocycles. The van der Waals surface area contributed by atoms with Crippen molar-refractivity contribution < 1.29 is 27.5 Å². The summed E-state index contributed by atoms with van der Waals surface area (Å²) >= 11 is 2.87. The first-order valence-corrected chi connectivity index (χ1v) is 9.00. The Morgan fingerprint density at radius 2 is 1.68 bits per heavy atom. The van der Waals surface area contributed by atoms with Crippen molar-refractivity contribution in [2.45, 2.75) is 11.8 Å². The van der Waals surface area contributed by atoms with Crippen molar-refractivity contribution in [2.24, 2.45) is 0 Å². The number of carbonyl (C=O) groups excluding carboxylic acids is 1. The fourth-order valence-electron chi connectivity index (χ4n) is 1.93. The van der Waals surface area contributed by atoms with E-state index >= 15 is 0 Å². The second kappa shape index (κ2) is 7.19. The van der Waals surface area contributed by atoms with Gasteiger partial charge in [0.25, 0.3) is 10.0 Å². The molecule has 0 aliphatic heterocycles. The Morgan fingerprint density at radius 3 is 2.20 bits per heavy atom. The Balaban J connectivity index is 2.35. The molecule has 132 valence electrons. The predicted octanol–water partition coefficient (Wildman–Crippen LogP) is 3.05. The normalized spacial score (nSPS) is 11.0. The van der Waals surface area contributed by atoms with Crippen LogP contribution in [-0.2, 0) is 14.8 Å². The molecule has 2 aromatic rings. The second-order valence-corrected chi connectivity index (χ2v) is 7.44. The number of carbonyl (C=O) groups is 2. The van der Waals surface area contributed by atoms with Crippen LogP contribution in [0.25, 0.3) is 0 Å². The molecule has 0 aliphatic carbocycles. The molecule has 0 atom stereocenters. The van der Waals surface area contributed by atoms with Crippen LogP contribution in [0.1, 0.15) is 17.3 Å². The van der Waals surface area contributed by atoms with Crippen molar-refractivity contribution in [3.63, 3.8) is 0 Å². The summed E-state index contributed by atoms with van der Waals surface area (Å²) in [5.74, 6) is -2.78. The van der Waals surface area contributed by atoms with Gasteiger partial charge in [-0.05, 0) is 52.3 Å². The predicted molar refractivity (Wildman–Crippen MR) is 92.6 cm³/mol. The molecule has 2 rings (SSSR count). The van der Waals surface area contributed by atoms with Crippen molar-refractivity contribution in [3.05, 3.63) is 52.3 Å². The number of hydrogen-bond donors (Lipinski definition) is 3. The lowest BCUT2D eigenvalue weighted by Crippen LogP contribution is -2.16. The van der Waals surface area contributed by atoms with Crippen molar-refractivity contribution in [3.8, 4) is 0 Å². The maximum Gasteiger partial charge on any atom is 0.336 e. The van der Waals surface area contributed by atoms with Gasteiger partial charge >= 0.3 is 5.97 Å². The molecule has 0 spiro atoms. The van der Waals surface area contributed by atoms with Crippen LogP contribution in [0.5, 0.6) is 0 Å². The van der Waals surface area contributed by atoms with E-state index in [-0.39, 0.29) is 21.6 Å². The largest absolute Gasteiger partial charge is 0.478 e. The minimum absolute atomic E-state index is 0.0730. The lowest BCUT2D eigenvalue weighted by Gasteiger charge is -2.11. The Hall–Kier alpha value is -2.46. The number of benzene rings is 2. The third-order valence-corrected chi connectivity index (χ3v) is 5.05. The first-order chi connectivity index (χ1) is 11.6. The summed E-state index contributed by atoms with van der Waals surface area (Å²) in [7, 11) is -4.35. The van der Waals surface area contributed by atoms with Crippen molar-refractivity contribution in [1.29, 1.82) is 0 Å². The molecule has 3 N–H and O–H groups in total. The first-order valence-electron chi connectivity index (χ1n) is 6.73. The average Bonchev–Trinajstić information content (AvgIpc) is 2.47. The van der Waals surface area contributed by atoms with Gasteiger partial charge in [-0.15, -0.1) is 0 Å². The number of aromatic carboxylic acids is 1. The Morgan fingerprint density at radius 1 is 1.12 bits per heavy atom. The fraction of sp³-hybridized carbons (Fsp3) is 0.0667. The standard InChI is InChI=1S/C15H12BrFN2O5S/c1-8(20)18-9-2-4-10(5-3-9)19-25(23,24)14-6-11(15(21)22)12(16)7-13(14)17/h2-7,19H,1H3,(H,18,20)(H,21,22). The number of hydrogen-bond acceptors (Lipinski definition) is 4. The van der Waals surface area contributed by atoms with E-state index < -0.39 is 26.7 Å². The maximum absolute atomic E-state index is 14.0. The number of amides is 1. The van der Waals surface area contributed by atoms with Crippen LogP contribution in [0.2, 0.25) is 0 Å². The molecule has 25 heavy (non-hydrogen) atoms. The number of carboxylic acids is 1. The summed E-state index contributed by atoms with van der Waals surface area (Å²) in [6.07, 6.45) is 0. The molecule has 0 bridgehead atoms. The Bertz CT molecular complexity index is 945. The molecule has 0 aliphatic rings. The van der Waals surface area contributed by atoms with Gasteiger partial charge in [0.2, 0.25) is 5.91 Å². The summed E-state index contributed by atoms with van der Waals surface area (Å²) in [5, 5.41) is 11.6. The van der Waals surface area contributed by atoms with E-state index in [0.717, 1.165) is 12.1 Å². The molecule has 0 saturated carbocycles. The van der Waals surface area contributed by atoms with Crippen LogP contribution >= 0.6 is 15.9 Å². The zero-order valence-corrected chi connectivity index (χ0v) is 15.1. The van der Waals surface area contributed by atoms with E-state index in [4.69, 9.17) is 5.11 Å². The highest BCUT2D eigenvalue weighted by Crippen LogP contribution is 2.26. The first kappa shape index (κ1) is 18.9. The van der Waals surface area contributed by atoms with Gasteiger partial charge in [0.05, 0.1) is 5.56 Å². The molecular weight excluding hydrogens is 419 g/mol. The van der Waals surface area contributed by atoms with Gasteiger partial charge in [0.1, 0.15) is 10.7 Å². The van der Waals surface area contributed by atoms with Crippen LogP contribution in [-0.4, -0.2) is 25.4 Å². The summed E-state index contributed by atoms with van der Waals surface area (Å²) in [4.78, 5) is 21.2. The molecule has 0 aromatic heterocycles. The van der Waals surface area contributed by atoms with Crippen LogP contribution in [0.4, 0.5) is 15.8 Å². The molecule has 0 heterocycles. The molecule has 0 unspecified atom stereocenters. The SMILES string of the molecule is CC(=O)Nc1ccc(NS(=O)(=O)c2cc(C(=O)O)c(Br)cc2F)cc1. The topological polar surface area (TPSA) is 113 Å². The van der Waals surface area contributed by atoms with Crippen LogP contribution in [0, 0.1) is 5.82 Å². The van der Waals surface area contributed by atoms with Gasteiger partial charge in [-0.1, -0.05) is 0 Å². The molecule has 10 heteroatoms. The number of halogens is 2. The van der Waals surface area contributed by atoms with Gasteiger partial charge in [-0.3, -0.25) is 9.52 Å². The molecule has 7 nitrogen and oxygen atoms in total. The number of rotatable bonds is 5. The third kappa shape index (κ3) is 4.54. The van der Waals surface area contributed by atoms with E-state index in [2.05, 4.69) is 26.0 Å². The van der Waals surface area contributed by atoms with Gasteiger partial charge in [-0.2, -0.15) is 0 Å². The fourth-order valence-corrected chi connectivity index (χ4v) is 3.56. The average molecular weight is 431 g/mol. The van der Waals surface area contributed by atoms with E-state index in [1.807, 2.05) is 0 Å². The molecule has 2 aromatic carbocycles. The van der Waals surface area contributed by atoms with Crippen molar-refractivity contribution >= 4 is 49.2 Å². The van der Waals surface area contributed by atoms with Crippen molar-refractivity contribution in [2.75, 3.05) is 10.0 Å². The molecular formula is C15H12BrFN2O5S. The van der Waals surface area contributed by atoms with Gasteiger partial charge < -0.3 is 10.4 Å². The van der Waals surface area contributed by atoms with Crippen LogP contribution < -0.4 is 10.0 Å². The highest BCUT2D eigenvalue weighted by Gasteiger charge is 2.23. The number of nitrogens with one attached hydrogen (secondary N) is 2. The van der Waals surface area contributed by atoms with E-state index in [1.54, 1.807) is 0 Å². The van der Waals surface area contributed by atoms with Crippen LogP contribution in [0.15, 0.2) is 45.8 Å². The zero-order chi connectivity index (χ0) is 18.8. The smallest absolute Gasteiger partial charge is 0.336 e. The Kier molecular flexibility index (Phi) is 5.43. The quantitative estimate of drug-likeness (QED) is 0.674. The highest BCUT2D eigenvalue weighted by molar-refractivity contribution is 9.10. The van der Waals surface area contributed by atoms with Gasteiger partial charge in [0.15, 0.2) is 0 Å². The highest BCUT2D eigenvalue weighted by atomic mass is 79.9. The number of carboxylic acid groups (broad SMARTS) is 1. The Labute approximate surface area is 151 Å². The molecule has 1 amide bonds. The number of anilines is 2. The molecule has 0 fully saturated rings. The van der Waals surface area contributed by atoms with E-state index in [1.165, 1.54) is 31.2 Å². The summed E-state index contributed by atoms with van der Waals surface area (Å²) < 4.78 is 40.8.